The highest BCUT2D eigenvalue weighted by molar-refractivity contribution is 5.90. The average molecular weight is 238 g/mol. The van der Waals surface area contributed by atoms with E-state index in [0.29, 0.717) is 18.4 Å². The fourth-order valence-corrected chi connectivity index (χ4v) is 2.26. The first-order chi connectivity index (χ1) is 8.11. The number of rotatable bonds is 2. The third-order valence-corrected chi connectivity index (χ3v) is 3.23. The van der Waals surface area contributed by atoms with Crippen LogP contribution in [-0.4, -0.2) is 40.1 Å². The summed E-state index contributed by atoms with van der Waals surface area (Å²) < 4.78 is 4.83. The summed E-state index contributed by atoms with van der Waals surface area (Å²) in [5.41, 5.74) is 5.72. The highest BCUT2D eigenvalue weighted by Gasteiger charge is 2.31. The lowest BCUT2D eigenvalue weighted by atomic mass is 9.92. The fraction of sp³-hybridized carbons (Fsp3) is 0.727. The molecule has 1 aliphatic rings. The number of aryl methyl sites for hydroxylation is 1. The van der Waals surface area contributed by atoms with E-state index in [2.05, 4.69) is 17.1 Å². The Morgan fingerprint density at radius 3 is 3.00 bits per heavy atom. The summed E-state index contributed by atoms with van der Waals surface area (Å²) in [6, 6.07) is 0.0880. The summed E-state index contributed by atoms with van der Waals surface area (Å²) in [4.78, 5) is 17.9. The van der Waals surface area contributed by atoms with Crippen molar-refractivity contribution in [2.24, 2.45) is 11.7 Å². The Kier molecular flexibility index (Phi) is 3.42. The molecule has 0 bridgehead atoms. The minimum atomic E-state index is -0.177. The zero-order valence-electron chi connectivity index (χ0n) is 10.2. The first-order valence-corrected chi connectivity index (χ1v) is 5.93. The Bertz CT molecular complexity index is 404. The van der Waals surface area contributed by atoms with E-state index in [1.165, 1.54) is 0 Å². The molecule has 0 saturated carbocycles. The van der Waals surface area contributed by atoms with Gasteiger partial charge >= 0.3 is 0 Å². The van der Waals surface area contributed by atoms with Crippen LogP contribution in [0.25, 0.3) is 0 Å². The largest absolute Gasteiger partial charge is 0.339 e. The molecule has 0 aromatic carbocycles. The SMILES string of the molecule is Cc1nc(C(=O)N2CCC(C)CC2CN)no1. The number of hydrogen-bond acceptors (Lipinski definition) is 5. The van der Waals surface area contributed by atoms with Crippen LogP contribution in [0.4, 0.5) is 0 Å². The molecular formula is C11H18N4O2. The minimum Gasteiger partial charge on any atom is -0.339 e. The lowest BCUT2D eigenvalue weighted by Crippen LogP contribution is -2.49. The molecule has 6 heteroatoms. The van der Waals surface area contributed by atoms with Crippen LogP contribution in [0.15, 0.2) is 4.52 Å². The number of piperidine rings is 1. The topological polar surface area (TPSA) is 85.2 Å². The van der Waals surface area contributed by atoms with E-state index < -0.39 is 0 Å². The second-order valence-electron chi connectivity index (χ2n) is 4.65. The van der Waals surface area contributed by atoms with Gasteiger partial charge in [0.1, 0.15) is 0 Å². The molecule has 1 aromatic rings. The zero-order chi connectivity index (χ0) is 12.4. The minimum absolute atomic E-state index is 0.0880. The average Bonchev–Trinajstić information content (AvgIpc) is 2.75. The van der Waals surface area contributed by atoms with E-state index in [4.69, 9.17) is 10.3 Å². The van der Waals surface area contributed by atoms with Crippen molar-refractivity contribution in [1.82, 2.24) is 15.0 Å². The molecule has 6 nitrogen and oxygen atoms in total. The van der Waals surface area contributed by atoms with Crippen molar-refractivity contribution < 1.29 is 9.32 Å². The van der Waals surface area contributed by atoms with Gasteiger partial charge in [0.2, 0.25) is 5.89 Å². The van der Waals surface area contributed by atoms with Crippen LogP contribution in [-0.2, 0) is 0 Å². The number of amides is 1. The molecular weight excluding hydrogens is 220 g/mol. The summed E-state index contributed by atoms with van der Waals surface area (Å²) in [7, 11) is 0. The van der Waals surface area contributed by atoms with E-state index >= 15 is 0 Å². The van der Waals surface area contributed by atoms with Crippen molar-refractivity contribution in [2.75, 3.05) is 13.1 Å². The molecule has 2 rings (SSSR count). The maximum atomic E-state index is 12.2. The second-order valence-corrected chi connectivity index (χ2v) is 4.65. The predicted octanol–water partition coefficient (Wildman–Crippen LogP) is 0.577. The zero-order valence-corrected chi connectivity index (χ0v) is 10.2. The molecule has 1 saturated heterocycles. The van der Waals surface area contributed by atoms with Crippen LogP contribution in [0.3, 0.4) is 0 Å². The van der Waals surface area contributed by atoms with E-state index in [-0.39, 0.29) is 17.8 Å². The van der Waals surface area contributed by atoms with Crippen molar-refractivity contribution in [3.8, 4) is 0 Å². The number of nitrogens with zero attached hydrogens (tertiary/aromatic N) is 3. The lowest BCUT2D eigenvalue weighted by Gasteiger charge is -2.37. The van der Waals surface area contributed by atoms with Gasteiger partial charge in [-0.05, 0) is 18.8 Å². The van der Waals surface area contributed by atoms with E-state index in [0.717, 1.165) is 19.4 Å². The van der Waals surface area contributed by atoms with Gasteiger partial charge in [-0.25, -0.2) is 0 Å². The summed E-state index contributed by atoms with van der Waals surface area (Å²) in [6.07, 6.45) is 1.94. The highest BCUT2D eigenvalue weighted by Crippen LogP contribution is 2.23. The van der Waals surface area contributed by atoms with Crippen molar-refractivity contribution >= 4 is 5.91 Å². The molecule has 1 aliphatic heterocycles. The van der Waals surface area contributed by atoms with Crippen molar-refractivity contribution in [2.45, 2.75) is 32.7 Å². The summed E-state index contributed by atoms with van der Waals surface area (Å²) >= 11 is 0. The molecule has 17 heavy (non-hydrogen) atoms. The first-order valence-electron chi connectivity index (χ1n) is 5.93. The number of carbonyl (C=O) groups excluding carboxylic acids is 1. The number of likely N-dealkylation sites (tertiary alicyclic amines) is 1. The summed E-state index contributed by atoms with van der Waals surface area (Å²) in [5, 5.41) is 3.66. The molecule has 0 aliphatic carbocycles. The second kappa shape index (κ2) is 4.83. The van der Waals surface area contributed by atoms with Gasteiger partial charge in [-0.3, -0.25) is 4.79 Å². The quantitative estimate of drug-likeness (QED) is 0.814. The van der Waals surface area contributed by atoms with Crippen LogP contribution in [0.1, 0.15) is 36.3 Å². The van der Waals surface area contributed by atoms with Crippen molar-refractivity contribution in [3.63, 3.8) is 0 Å². The third-order valence-electron chi connectivity index (χ3n) is 3.23. The molecule has 2 N–H and O–H groups in total. The molecule has 94 valence electrons. The van der Waals surface area contributed by atoms with Gasteiger partial charge in [0.25, 0.3) is 11.7 Å². The monoisotopic (exact) mass is 238 g/mol. The number of nitrogens with two attached hydrogens (primary N) is 1. The van der Waals surface area contributed by atoms with Gasteiger partial charge in [0.15, 0.2) is 0 Å². The van der Waals surface area contributed by atoms with Crippen LogP contribution in [0.2, 0.25) is 0 Å². The standard InChI is InChI=1S/C11H18N4O2/c1-7-3-4-15(9(5-7)6-12)11(16)10-13-8(2)17-14-10/h7,9H,3-6,12H2,1-2H3. The molecule has 1 amide bonds. The normalized spacial score (nSPS) is 25.0. The van der Waals surface area contributed by atoms with Crippen LogP contribution in [0, 0.1) is 12.8 Å². The van der Waals surface area contributed by atoms with Crippen LogP contribution < -0.4 is 5.73 Å². The van der Waals surface area contributed by atoms with E-state index in [1.807, 2.05) is 0 Å². The van der Waals surface area contributed by atoms with Gasteiger partial charge in [-0.1, -0.05) is 12.1 Å². The Labute approximate surface area is 100 Å². The number of carbonyl (C=O) groups is 1. The lowest BCUT2D eigenvalue weighted by molar-refractivity contribution is 0.0558. The molecule has 2 heterocycles. The van der Waals surface area contributed by atoms with Gasteiger partial charge in [-0.15, -0.1) is 0 Å². The number of hydrogen-bond donors (Lipinski definition) is 1. The van der Waals surface area contributed by atoms with Crippen LogP contribution in [0.5, 0.6) is 0 Å². The maximum absolute atomic E-state index is 12.2. The van der Waals surface area contributed by atoms with Crippen molar-refractivity contribution in [3.05, 3.63) is 11.7 Å². The van der Waals surface area contributed by atoms with Gasteiger partial charge in [0, 0.05) is 26.1 Å². The molecule has 0 spiro atoms. The van der Waals surface area contributed by atoms with Gasteiger partial charge in [0.05, 0.1) is 0 Å². The number of aromatic nitrogens is 2. The molecule has 1 aromatic heterocycles. The molecule has 2 atom stereocenters. The Morgan fingerprint density at radius 2 is 2.41 bits per heavy atom. The van der Waals surface area contributed by atoms with Gasteiger partial charge < -0.3 is 15.2 Å². The van der Waals surface area contributed by atoms with E-state index in [1.54, 1.807) is 11.8 Å². The molecule has 2 unspecified atom stereocenters. The van der Waals surface area contributed by atoms with E-state index in [9.17, 15) is 4.79 Å². The van der Waals surface area contributed by atoms with Crippen molar-refractivity contribution in [1.29, 1.82) is 0 Å². The third kappa shape index (κ3) is 2.46. The fourth-order valence-electron chi connectivity index (χ4n) is 2.26. The molecule has 0 radical (unpaired) electrons. The van der Waals surface area contributed by atoms with Gasteiger partial charge in [-0.2, -0.15) is 4.98 Å². The Morgan fingerprint density at radius 1 is 1.65 bits per heavy atom. The summed E-state index contributed by atoms with van der Waals surface area (Å²) in [5.74, 6) is 0.974. The Balaban J connectivity index is 2.13. The Hall–Kier alpha value is -1.43. The summed E-state index contributed by atoms with van der Waals surface area (Å²) in [6.45, 7) is 5.05. The smallest absolute Gasteiger partial charge is 0.295 e. The first kappa shape index (κ1) is 12.0. The molecule has 1 fully saturated rings. The van der Waals surface area contributed by atoms with Crippen LogP contribution >= 0.6 is 0 Å². The highest BCUT2D eigenvalue weighted by atomic mass is 16.5. The predicted molar refractivity (Wildman–Crippen MR) is 61.3 cm³/mol. The maximum Gasteiger partial charge on any atom is 0.295 e.